The van der Waals surface area contributed by atoms with E-state index in [-0.39, 0.29) is 24.8 Å². The van der Waals surface area contributed by atoms with Crippen LogP contribution in [0.15, 0.2) is 30.3 Å². The topological polar surface area (TPSA) is 74.7 Å². The predicted octanol–water partition coefficient (Wildman–Crippen LogP) is 1.17. The van der Waals surface area contributed by atoms with Gasteiger partial charge in [-0.2, -0.15) is 0 Å². The number of sulfonamides is 1. The summed E-state index contributed by atoms with van der Waals surface area (Å²) >= 11 is 0. The molecule has 0 saturated carbocycles. The van der Waals surface area contributed by atoms with Gasteiger partial charge in [-0.1, -0.05) is 37.3 Å². The van der Waals surface area contributed by atoms with Crippen molar-refractivity contribution in [2.45, 2.75) is 12.7 Å². The Hall–Kier alpha value is -1.40. The van der Waals surface area contributed by atoms with Crippen molar-refractivity contribution in [1.29, 1.82) is 0 Å². The third-order valence-corrected chi connectivity index (χ3v) is 5.26. The lowest BCUT2D eigenvalue weighted by atomic mass is 9.99. The first kappa shape index (κ1) is 14.0. The molecular weight excluding hydrogens is 266 g/mol. The lowest BCUT2D eigenvalue weighted by Gasteiger charge is -2.15. The summed E-state index contributed by atoms with van der Waals surface area (Å²) < 4.78 is 25.8. The fourth-order valence-corrected chi connectivity index (χ4v) is 3.99. The highest BCUT2D eigenvalue weighted by Gasteiger charge is 2.39. The van der Waals surface area contributed by atoms with Gasteiger partial charge in [-0.15, -0.1) is 0 Å². The highest BCUT2D eigenvalue weighted by molar-refractivity contribution is 7.88. The van der Waals surface area contributed by atoms with Gasteiger partial charge in [0.1, 0.15) is 0 Å². The van der Waals surface area contributed by atoms with E-state index in [1.807, 2.05) is 6.07 Å². The summed E-state index contributed by atoms with van der Waals surface area (Å²) in [5.41, 5.74) is 0.717. The van der Waals surface area contributed by atoms with Crippen LogP contribution in [0.5, 0.6) is 0 Å². The molecule has 19 heavy (non-hydrogen) atoms. The molecular formula is C13H17NO4S. The van der Waals surface area contributed by atoms with Crippen LogP contribution in [0.4, 0.5) is 0 Å². The molecule has 6 heteroatoms. The Morgan fingerprint density at radius 3 is 2.47 bits per heavy atom. The van der Waals surface area contributed by atoms with Gasteiger partial charge in [0, 0.05) is 13.1 Å². The number of benzene rings is 1. The van der Waals surface area contributed by atoms with Crippen LogP contribution >= 0.6 is 0 Å². The van der Waals surface area contributed by atoms with E-state index in [4.69, 9.17) is 5.11 Å². The first-order valence-electron chi connectivity index (χ1n) is 6.14. The molecule has 1 aliphatic rings. The van der Waals surface area contributed by atoms with Crippen LogP contribution in [0.2, 0.25) is 0 Å². The van der Waals surface area contributed by atoms with E-state index in [1.165, 1.54) is 4.31 Å². The van der Waals surface area contributed by atoms with E-state index in [2.05, 4.69) is 0 Å². The zero-order valence-electron chi connectivity index (χ0n) is 10.7. The predicted molar refractivity (Wildman–Crippen MR) is 70.9 cm³/mol. The van der Waals surface area contributed by atoms with E-state index < -0.39 is 21.9 Å². The number of carboxylic acids is 1. The molecule has 104 valence electrons. The fraction of sp³-hybridized carbons (Fsp3) is 0.462. The smallest absolute Gasteiger partial charge is 0.308 e. The van der Waals surface area contributed by atoms with Gasteiger partial charge in [0.25, 0.3) is 0 Å². The molecule has 0 aliphatic carbocycles. The maximum Gasteiger partial charge on any atom is 0.308 e. The Morgan fingerprint density at radius 1 is 1.32 bits per heavy atom. The zero-order valence-corrected chi connectivity index (χ0v) is 11.5. The summed E-state index contributed by atoms with van der Waals surface area (Å²) in [5.74, 6) is -1.76. The number of aliphatic carboxylic acids is 1. The van der Waals surface area contributed by atoms with Crippen molar-refractivity contribution in [1.82, 2.24) is 4.31 Å². The van der Waals surface area contributed by atoms with Crippen molar-refractivity contribution < 1.29 is 18.3 Å². The van der Waals surface area contributed by atoms with Gasteiger partial charge < -0.3 is 5.11 Å². The van der Waals surface area contributed by atoms with Gasteiger partial charge in [0.15, 0.2) is 0 Å². The minimum absolute atomic E-state index is 0.0751. The Bertz CT molecular complexity index is 555. The van der Waals surface area contributed by atoms with Gasteiger partial charge in [0.05, 0.1) is 11.7 Å². The molecule has 1 N–H and O–H groups in total. The van der Waals surface area contributed by atoms with E-state index >= 15 is 0 Å². The molecule has 0 spiro atoms. The minimum Gasteiger partial charge on any atom is -0.481 e. The van der Waals surface area contributed by atoms with Gasteiger partial charge in [-0.25, -0.2) is 12.7 Å². The highest BCUT2D eigenvalue weighted by Crippen LogP contribution is 2.26. The molecule has 0 bridgehead atoms. The molecule has 2 rings (SSSR count). The second kappa shape index (κ2) is 5.30. The number of nitrogens with zero attached hydrogens (tertiary/aromatic N) is 1. The summed E-state index contributed by atoms with van der Waals surface area (Å²) in [7, 11) is -3.44. The van der Waals surface area contributed by atoms with E-state index in [0.29, 0.717) is 5.56 Å². The Labute approximate surface area is 112 Å². The molecule has 1 fully saturated rings. The van der Waals surface area contributed by atoms with Crippen molar-refractivity contribution in [2.24, 2.45) is 11.8 Å². The lowest BCUT2D eigenvalue weighted by molar-refractivity contribution is -0.142. The number of carboxylic acid groups (broad SMARTS) is 1. The molecule has 1 aliphatic heterocycles. The van der Waals surface area contributed by atoms with Crippen LogP contribution in [0.1, 0.15) is 12.5 Å². The van der Waals surface area contributed by atoms with Gasteiger partial charge in [0.2, 0.25) is 10.0 Å². The number of carbonyl (C=O) groups is 1. The average Bonchev–Trinajstić information content (AvgIpc) is 2.73. The molecule has 5 nitrogen and oxygen atoms in total. The molecule has 0 radical (unpaired) electrons. The Balaban J connectivity index is 2.12. The van der Waals surface area contributed by atoms with Crippen molar-refractivity contribution in [3.63, 3.8) is 0 Å². The van der Waals surface area contributed by atoms with Crippen molar-refractivity contribution in [2.75, 3.05) is 13.1 Å². The fourth-order valence-electron chi connectivity index (χ4n) is 2.35. The molecule has 1 aromatic carbocycles. The second-order valence-electron chi connectivity index (χ2n) is 4.98. The summed E-state index contributed by atoms with van der Waals surface area (Å²) in [4.78, 5) is 11.0. The summed E-state index contributed by atoms with van der Waals surface area (Å²) in [6, 6.07) is 8.92. The molecule has 0 aromatic heterocycles. The SMILES string of the molecule is CC1CN(S(=O)(=O)Cc2ccccc2)CC1C(=O)O. The third kappa shape index (κ3) is 3.13. The number of hydrogen-bond acceptors (Lipinski definition) is 3. The monoisotopic (exact) mass is 283 g/mol. The number of hydrogen-bond donors (Lipinski definition) is 1. The molecule has 1 aromatic rings. The molecule has 1 saturated heterocycles. The van der Waals surface area contributed by atoms with Crippen molar-refractivity contribution in [3.05, 3.63) is 35.9 Å². The first-order chi connectivity index (χ1) is 8.90. The first-order valence-corrected chi connectivity index (χ1v) is 7.75. The minimum atomic E-state index is -3.44. The second-order valence-corrected chi connectivity index (χ2v) is 6.95. The highest BCUT2D eigenvalue weighted by atomic mass is 32.2. The average molecular weight is 283 g/mol. The molecule has 2 unspecified atom stereocenters. The maximum atomic E-state index is 12.2. The van der Waals surface area contributed by atoms with Crippen molar-refractivity contribution in [3.8, 4) is 0 Å². The lowest BCUT2D eigenvalue weighted by Crippen LogP contribution is -2.31. The van der Waals surface area contributed by atoms with Gasteiger partial charge in [-0.05, 0) is 11.5 Å². The van der Waals surface area contributed by atoms with E-state index in [1.54, 1.807) is 31.2 Å². The van der Waals surface area contributed by atoms with Crippen LogP contribution in [0, 0.1) is 11.8 Å². The summed E-state index contributed by atoms with van der Waals surface area (Å²) in [5, 5.41) is 9.04. The van der Waals surface area contributed by atoms with E-state index in [9.17, 15) is 13.2 Å². The van der Waals surface area contributed by atoms with Crippen LogP contribution in [-0.2, 0) is 20.6 Å². The summed E-state index contributed by atoms with van der Waals surface area (Å²) in [6.07, 6.45) is 0. The zero-order chi connectivity index (χ0) is 14.0. The Kier molecular flexibility index (Phi) is 3.91. The third-order valence-electron chi connectivity index (χ3n) is 3.48. The summed E-state index contributed by atoms with van der Waals surface area (Å²) in [6.45, 7) is 2.13. The van der Waals surface area contributed by atoms with Crippen LogP contribution in [0.25, 0.3) is 0 Å². The largest absolute Gasteiger partial charge is 0.481 e. The normalized spacial score (nSPS) is 24.5. The number of rotatable bonds is 4. The Morgan fingerprint density at radius 2 is 1.95 bits per heavy atom. The van der Waals surface area contributed by atoms with Crippen LogP contribution in [-0.4, -0.2) is 36.9 Å². The van der Waals surface area contributed by atoms with E-state index in [0.717, 1.165) is 0 Å². The van der Waals surface area contributed by atoms with Crippen molar-refractivity contribution >= 4 is 16.0 Å². The van der Waals surface area contributed by atoms with Crippen LogP contribution in [0.3, 0.4) is 0 Å². The van der Waals surface area contributed by atoms with Gasteiger partial charge >= 0.3 is 5.97 Å². The van der Waals surface area contributed by atoms with Crippen LogP contribution < -0.4 is 0 Å². The molecule has 2 atom stereocenters. The van der Waals surface area contributed by atoms with Gasteiger partial charge in [-0.3, -0.25) is 4.79 Å². The molecule has 1 heterocycles. The molecule has 0 amide bonds. The maximum absolute atomic E-state index is 12.2. The quantitative estimate of drug-likeness (QED) is 0.900. The standard InChI is InChI=1S/C13H17NO4S/c1-10-7-14(8-12(10)13(15)16)19(17,18)9-11-5-3-2-4-6-11/h2-6,10,12H,7-9H2,1H3,(H,15,16).